The van der Waals surface area contributed by atoms with Crippen LogP contribution in [-0.4, -0.2) is 29.8 Å². The van der Waals surface area contributed by atoms with Crippen molar-refractivity contribution in [3.8, 4) is 0 Å². The summed E-state index contributed by atoms with van der Waals surface area (Å²) in [6.07, 6.45) is 3.32. The quantitative estimate of drug-likeness (QED) is 0.826. The highest BCUT2D eigenvalue weighted by atomic mass is 32.2. The minimum Gasteiger partial charge on any atom is -0.392 e. The van der Waals surface area contributed by atoms with E-state index in [1.54, 1.807) is 23.1 Å². The molecule has 0 atom stereocenters. The predicted molar refractivity (Wildman–Crippen MR) is 74.5 cm³/mol. The van der Waals surface area contributed by atoms with Gasteiger partial charge in [0.25, 0.3) is 0 Å². The van der Waals surface area contributed by atoms with E-state index in [-0.39, 0.29) is 22.6 Å². The van der Waals surface area contributed by atoms with E-state index in [0.29, 0.717) is 6.54 Å². The molecule has 21 heavy (non-hydrogen) atoms. The third kappa shape index (κ3) is 3.66. The van der Waals surface area contributed by atoms with Gasteiger partial charge < -0.3 is 5.11 Å². The molecular weight excluding hydrogens is 297 g/mol. The Morgan fingerprint density at radius 1 is 1.43 bits per heavy atom. The van der Waals surface area contributed by atoms with Gasteiger partial charge in [-0.1, -0.05) is 0 Å². The SMILES string of the molecule is Cc1cc(S(=O)(=O)NCCn2cccn2)cc(CO)c1F. The summed E-state index contributed by atoms with van der Waals surface area (Å²) in [7, 11) is -3.75. The van der Waals surface area contributed by atoms with Crippen LogP contribution in [0.15, 0.2) is 35.5 Å². The molecule has 0 aliphatic heterocycles. The molecule has 0 spiro atoms. The van der Waals surface area contributed by atoms with Crippen molar-refractivity contribution in [2.24, 2.45) is 0 Å². The Morgan fingerprint density at radius 3 is 2.81 bits per heavy atom. The number of hydrogen-bond acceptors (Lipinski definition) is 4. The Hall–Kier alpha value is -1.77. The van der Waals surface area contributed by atoms with Gasteiger partial charge in [-0.3, -0.25) is 4.68 Å². The third-order valence-electron chi connectivity index (χ3n) is 2.98. The van der Waals surface area contributed by atoms with Crippen molar-refractivity contribution in [1.29, 1.82) is 0 Å². The second kappa shape index (κ2) is 6.33. The van der Waals surface area contributed by atoms with Crippen molar-refractivity contribution < 1.29 is 17.9 Å². The van der Waals surface area contributed by atoms with Crippen LogP contribution in [0.5, 0.6) is 0 Å². The average Bonchev–Trinajstić information content (AvgIpc) is 2.94. The molecule has 0 aliphatic carbocycles. The summed E-state index contributed by atoms with van der Waals surface area (Å²) in [6.45, 7) is 1.45. The first kappa shape index (κ1) is 15.6. The van der Waals surface area contributed by atoms with Gasteiger partial charge in [0.1, 0.15) is 5.82 Å². The average molecular weight is 313 g/mol. The van der Waals surface area contributed by atoms with Crippen molar-refractivity contribution in [2.75, 3.05) is 6.54 Å². The van der Waals surface area contributed by atoms with Crippen molar-refractivity contribution in [3.63, 3.8) is 0 Å². The Labute approximate surface area is 122 Å². The van der Waals surface area contributed by atoms with Crippen molar-refractivity contribution in [2.45, 2.75) is 25.0 Å². The van der Waals surface area contributed by atoms with E-state index in [4.69, 9.17) is 5.11 Å². The fourth-order valence-electron chi connectivity index (χ4n) is 1.89. The standard InChI is InChI=1S/C13H16FN3O3S/c1-10-7-12(8-11(9-18)13(10)14)21(19,20)16-4-6-17-5-2-3-15-17/h2-3,5,7-8,16,18H,4,6,9H2,1H3. The van der Waals surface area contributed by atoms with E-state index >= 15 is 0 Å². The predicted octanol–water partition coefficient (Wildman–Crippen LogP) is 0.801. The molecule has 0 saturated heterocycles. The maximum Gasteiger partial charge on any atom is 0.240 e. The number of rotatable bonds is 6. The molecule has 6 nitrogen and oxygen atoms in total. The normalized spacial score (nSPS) is 11.8. The maximum absolute atomic E-state index is 13.6. The number of aliphatic hydroxyl groups excluding tert-OH is 1. The van der Waals surface area contributed by atoms with Crippen LogP contribution in [0.2, 0.25) is 0 Å². The van der Waals surface area contributed by atoms with Crippen molar-refractivity contribution in [3.05, 3.63) is 47.5 Å². The molecule has 1 heterocycles. The molecule has 0 unspecified atom stereocenters. The van der Waals surface area contributed by atoms with Gasteiger partial charge in [0.05, 0.1) is 18.0 Å². The number of aryl methyl sites for hydroxylation is 1. The minimum absolute atomic E-state index is 0.0394. The highest BCUT2D eigenvalue weighted by molar-refractivity contribution is 7.89. The Bertz CT molecular complexity index is 715. The number of aliphatic hydroxyl groups is 1. The number of aromatic nitrogens is 2. The van der Waals surface area contributed by atoms with E-state index in [1.165, 1.54) is 13.0 Å². The molecule has 114 valence electrons. The molecular formula is C13H16FN3O3S. The zero-order chi connectivity index (χ0) is 15.5. The molecule has 1 aromatic carbocycles. The number of sulfonamides is 1. The molecule has 8 heteroatoms. The first-order valence-electron chi connectivity index (χ1n) is 6.31. The van der Waals surface area contributed by atoms with Gasteiger partial charge in [-0.05, 0) is 30.7 Å². The lowest BCUT2D eigenvalue weighted by molar-refractivity contribution is 0.275. The summed E-state index contributed by atoms with van der Waals surface area (Å²) >= 11 is 0. The summed E-state index contributed by atoms with van der Waals surface area (Å²) < 4.78 is 41.9. The molecule has 1 aromatic heterocycles. The Morgan fingerprint density at radius 2 is 2.19 bits per heavy atom. The molecule has 0 amide bonds. The number of halogens is 1. The lowest BCUT2D eigenvalue weighted by atomic mass is 10.1. The summed E-state index contributed by atoms with van der Waals surface area (Å²) in [5, 5.41) is 13.0. The smallest absolute Gasteiger partial charge is 0.240 e. The molecule has 0 bridgehead atoms. The van der Waals surface area contributed by atoms with Crippen molar-refractivity contribution in [1.82, 2.24) is 14.5 Å². The van der Waals surface area contributed by atoms with Crippen LogP contribution >= 0.6 is 0 Å². The van der Waals surface area contributed by atoms with Gasteiger partial charge >= 0.3 is 0 Å². The maximum atomic E-state index is 13.6. The fourth-order valence-corrected chi connectivity index (χ4v) is 3.04. The molecule has 0 radical (unpaired) electrons. The molecule has 0 aliphatic rings. The fraction of sp³-hybridized carbons (Fsp3) is 0.308. The lowest BCUT2D eigenvalue weighted by Gasteiger charge is -2.10. The number of nitrogens with one attached hydrogen (secondary N) is 1. The third-order valence-corrected chi connectivity index (χ3v) is 4.42. The molecule has 0 fully saturated rings. The monoisotopic (exact) mass is 313 g/mol. The first-order chi connectivity index (χ1) is 9.94. The van der Waals surface area contributed by atoms with Gasteiger partial charge in [-0.15, -0.1) is 0 Å². The summed E-state index contributed by atoms with van der Waals surface area (Å²) in [4.78, 5) is -0.0640. The largest absolute Gasteiger partial charge is 0.392 e. The van der Waals surface area contributed by atoms with Crippen LogP contribution in [-0.2, 0) is 23.2 Å². The van der Waals surface area contributed by atoms with Crippen LogP contribution in [0.4, 0.5) is 4.39 Å². The van der Waals surface area contributed by atoms with E-state index in [9.17, 15) is 12.8 Å². The van der Waals surface area contributed by atoms with E-state index < -0.39 is 22.4 Å². The lowest BCUT2D eigenvalue weighted by Crippen LogP contribution is -2.27. The second-order valence-electron chi connectivity index (χ2n) is 4.54. The van der Waals surface area contributed by atoms with Crippen LogP contribution in [0.1, 0.15) is 11.1 Å². The van der Waals surface area contributed by atoms with Crippen molar-refractivity contribution >= 4 is 10.0 Å². The van der Waals surface area contributed by atoms with Crippen LogP contribution < -0.4 is 4.72 Å². The molecule has 2 rings (SSSR count). The summed E-state index contributed by atoms with van der Waals surface area (Å²) in [5.41, 5.74) is 0.136. The Balaban J connectivity index is 2.13. The second-order valence-corrected chi connectivity index (χ2v) is 6.31. The van der Waals surface area contributed by atoms with Gasteiger partial charge in [0.2, 0.25) is 10.0 Å². The Kier molecular flexibility index (Phi) is 4.71. The minimum atomic E-state index is -3.75. The van der Waals surface area contributed by atoms with E-state index in [1.807, 2.05) is 0 Å². The number of benzene rings is 1. The van der Waals surface area contributed by atoms with Crippen LogP contribution in [0.3, 0.4) is 0 Å². The highest BCUT2D eigenvalue weighted by Crippen LogP contribution is 2.19. The molecule has 0 saturated carbocycles. The van der Waals surface area contributed by atoms with Crippen LogP contribution in [0, 0.1) is 12.7 Å². The molecule has 2 N–H and O–H groups in total. The van der Waals surface area contributed by atoms with Gasteiger partial charge in [0.15, 0.2) is 0 Å². The molecule has 2 aromatic rings. The zero-order valence-electron chi connectivity index (χ0n) is 11.5. The topological polar surface area (TPSA) is 84.2 Å². The number of hydrogen-bond donors (Lipinski definition) is 2. The highest BCUT2D eigenvalue weighted by Gasteiger charge is 2.17. The van der Waals surface area contributed by atoms with E-state index in [2.05, 4.69) is 9.82 Å². The van der Waals surface area contributed by atoms with E-state index in [0.717, 1.165) is 6.07 Å². The van der Waals surface area contributed by atoms with Gasteiger partial charge in [-0.25, -0.2) is 17.5 Å². The first-order valence-corrected chi connectivity index (χ1v) is 7.79. The number of nitrogens with zero attached hydrogens (tertiary/aromatic N) is 2. The van der Waals surface area contributed by atoms with Gasteiger partial charge in [0, 0.05) is 24.5 Å². The van der Waals surface area contributed by atoms with Gasteiger partial charge in [-0.2, -0.15) is 5.10 Å². The van der Waals surface area contributed by atoms with Crippen LogP contribution in [0.25, 0.3) is 0 Å². The zero-order valence-corrected chi connectivity index (χ0v) is 12.3. The summed E-state index contributed by atoms with van der Waals surface area (Å²) in [6, 6.07) is 4.12. The summed E-state index contributed by atoms with van der Waals surface area (Å²) in [5.74, 6) is -0.590.